The van der Waals surface area contributed by atoms with Crippen molar-refractivity contribution in [1.29, 1.82) is 0 Å². The van der Waals surface area contributed by atoms with Crippen molar-refractivity contribution in [2.75, 3.05) is 0 Å². The van der Waals surface area contributed by atoms with Crippen molar-refractivity contribution in [2.24, 2.45) is 5.92 Å². The Balaban J connectivity index is 1.86. The highest BCUT2D eigenvalue weighted by molar-refractivity contribution is 7.88. The molecule has 0 saturated carbocycles. The van der Waals surface area contributed by atoms with E-state index in [1.54, 1.807) is 13.0 Å². The fourth-order valence-electron chi connectivity index (χ4n) is 3.68. The van der Waals surface area contributed by atoms with E-state index in [0.717, 1.165) is 5.56 Å². The van der Waals surface area contributed by atoms with E-state index in [0.29, 0.717) is 19.3 Å². The Morgan fingerprint density at radius 3 is 2.73 bits per heavy atom. The van der Waals surface area contributed by atoms with Crippen LogP contribution in [0.15, 0.2) is 18.2 Å². The third-order valence-electron chi connectivity index (χ3n) is 4.66. The maximum absolute atomic E-state index is 13.9. The van der Waals surface area contributed by atoms with Crippen LogP contribution >= 0.6 is 0 Å². The molecule has 2 heterocycles. The summed E-state index contributed by atoms with van der Waals surface area (Å²) in [7, 11) is -3.72. The molecule has 5 nitrogen and oxygen atoms in total. The second-order valence-electron chi connectivity index (χ2n) is 6.16. The van der Waals surface area contributed by atoms with Gasteiger partial charge in [-0.05, 0) is 37.8 Å². The van der Waals surface area contributed by atoms with Gasteiger partial charge in [0.25, 0.3) is 0 Å². The van der Waals surface area contributed by atoms with E-state index in [1.807, 2.05) is 0 Å². The fraction of sp³-hybridized carbons (Fsp3) is 0.533. The normalized spacial score (nSPS) is 28.2. The van der Waals surface area contributed by atoms with Crippen molar-refractivity contribution in [1.82, 2.24) is 4.31 Å². The van der Waals surface area contributed by atoms with E-state index < -0.39 is 39.5 Å². The molecule has 0 radical (unpaired) electrons. The number of hydrogen-bond acceptors (Lipinski definition) is 3. The highest BCUT2D eigenvalue weighted by atomic mass is 32.2. The van der Waals surface area contributed by atoms with Gasteiger partial charge >= 0.3 is 5.97 Å². The number of benzene rings is 1. The summed E-state index contributed by atoms with van der Waals surface area (Å²) in [5.41, 5.74) is 0.856. The van der Waals surface area contributed by atoms with Gasteiger partial charge in [0.15, 0.2) is 0 Å². The predicted molar refractivity (Wildman–Crippen MR) is 78.2 cm³/mol. The molecule has 2 aliphatic rings. The maximum Gasteiger partial charge on any atom is 0.308 e. The quantitative estimate of drug-likeness (QED) is 0.916. The lowest BCUT2D eigenvalue weighted by atomic mass is 9.89. The molecule has 2 saturated heterocycles. The van der Waals surface area contributed by atoms with E-state index in [1.165, 1.54) is 16.4 Å². The Kier molecular flexibility index (Phi) is 3.72. The Morgan fingerprint density at radius 1 is 1.41 bits per heavy atom. The summed E-state index contributed by atoms with van der Waals surface area (Å²) >= 11 is 0. The zero-order valence-corrected chi connectivity index (χ0v) is 13.0. The maximum atomic E-state index is 13.9. The molecule has 7 heteroatoms. The minimum atomic E-state index is -3.72. The number of rotatable bonds is 4. The summed E-state index contributed by atoms with van der Waals surface area (Å²) < 4.78 is 40.5. The molecule has 0 aromatic heterocycles. The number of carboxylic acid groups (broad SMARTS) is 1. The zero-order valence-electron chi connectivity index (χ0n) is 12.2. The SMILES string of the molecule is Cc1ccc(CS(=O)(=O)N2C3CCC2C(C(=O)O)C3)c(F)c1. The van der Waals surface area contributed by atoms with Gasteiger partial charge in [-0.15, -0.1) is 0 Å². The lowest BCUT2D eigenvalue weighted by molar-refractivity contribution is -0.142. The molecule has 1 aromatic carbocycles. The number of aliphatic carboxylic acids is 1. The predicted octanol–water partition coefficient (Wildman–Crippen LogP) is 1.90. The van der Waals surface area contributed by atoms with Gasteiger partial charge in [0.1, 0.15) is 5.82 Å². The Hall–Kier alpha value is -1.47. The number of aryl methyl sites for hydroxylation is 1. The van der Waals surface area contributed by atoms with Crippen LogP contribution in [0.4, 0.5) is 4.39 Å². The molecular formula is C15H18FNO4S. The van der Waals surface area contributed by atoms with Gasteiger partial charge in [0, 0.05) is 17.6 Å². The summed E-state index contributed by atoms with van der Waals surface area (Å²) in [6.45, 7) is 1.74. The first-order valence-electron chi connectivity index (χ1n) is 7.28. The van der Waals surface area contributed by atoms with Gasteiger partial charge in [0.05, 0.1) is 11.7 Å². The van der Waals surface area contributed by atoms with E-state index in [4.69, 9.17) is 0 Å². The molecule has 3 atom stereocenters. The molecule has 2 aliphatic heterocycles. The van der Waals surface area contributed by atoms with Crippen molar-refractivity contribution in [3.05, 3.63) is 35.1 Å². The molecule has 120 valence electrons. The van der Waals surface area contributed by atoms with Crippen molar-refractivity contribution in [3.8, 4) is 0 Å². The number of sulfonamides is 1. The first-order valence-corrected chi connectivity index (χ1v) is 8.89. The Bertz CT molecular complexity index is 718. The first kappa shape index (κ1) is 15.4. The third-order valence-corrected chi connectivity index (χ3v) is 6.54. The van der Waals surface area contributed by atoms with Crippen LogP contribution in [-0.2, 0) is 20.6 Å². The number of hydrogen-bond donors (Lipinski definition) is 1. The summed E-state index contributed by atoms with van der Waals surface area (Å²) in [5.74, 6) is -2.55. The first-order chi connectivity index (χ1) is 10.3. The van der Waals surface area contributed by atoms with Crippen LogP contribution in [0.5, 0.6) is 0 Å². The van der Waals surface area contributed by atoms with E-state index in [9.17, 15) is 22.7 Å². The van der Waals surface area contributed by atoms with Crippen molar-refractivity contribution in [3.63, 3.8) is 0 Å². The molecule has 3 rings (SSSR count). The second kappa shape index (κ2) is 5.31. The number of carbonyl (C=O) groups is 1. The highest BCUT2D eigenvalue weighted by Gasteiger charge is 2.53. The van der Waals surface area contributed by atoms with Crippen molar-refractivity contribution < 1.29 is 22.7 Å². The van der Waals surface area contributed by atoms with Crippen LogP contribution in [0.25, 0.3) is 0 Å². The molecule has 0 aliphatic carbocycles. The minimum Gasteiger partial charge on any atom is -0.481 e. The Labute approximate surface area is 128 Å². The standard InChI is InChI=1S/C15H18FNO4S/c1-9-2-3-10(13(16)6-9)8-22(20,21)17-11-4-5-14(17)12(7-11)15(18)19/h2-3,6,11-12,14H,4-5,7-8H2,1H3,(H,18,19). The Morgan fingerprint density at radius 2 is 2.14 bits per heavy atom. The van der Waals surface area contributed by atoms with Crippen LogP contribution in [0, 0.1) is 18.7 Å². The molecule has 2 bridgehead atoms. The van der Waals surface area contributed by atoms with Crippen molar-refractivity contribution >= 4 is 16.0 Å². The molecule has 0 spiro atoms. The summed E-state index contributed by atoms with van der Waals surface area (Å²) in [4.78, 5) is 11.2. The van der Waals surface area contributed by atoms with Gasteiger partial charge in [0.2, 0.25) is 10.0 Å². The van der Waals surface area contributed by atoms with Crippen molar-refractivity contribution in [2.45, 2.75) is 44.0 Å². The minimum absolute atomic E-state index is 0.128. The van der Waals surface area contributed by atoms with Crippen LogP contribution in [0.3, 0.4) is 0 Å². The molecular weight excluding hydrogens is 309 g/mol. The summed E-state index contributed by atoms with van der Waals surface area (Å²) in [5, 5.41) is 9.20. The van der Waals surface area contributed by atoms with Gasteiger partial charge in [-0.25, -0.2) is 12.8 Å². The lowest BCUT2D eigenvalue weighted by Crippen LogP contribution is -2.38. The number of fused-ring (bicyclic) bond motifs is 2. The molecule has 1 aromatic rings. The molecule has 22 heavy (non-hydrogen) atoms. The topological polar surface area (TPSA) is 74.7 Å². The van der Waals surface area contributed by atoms with Gasteiger partial charge < -0.3 is 5.11 Å². The van der Waals surface area contributed by atoms with Gasteiger partial charge in [-0.2, -0.15) is 4.31 Å². The molecule has 0 amide bonds. The lowest BCUT2D eigenvalue weighted by Gasteiger charge is -2.22. The van der Waals surface area contributed by atoms with Crippen LogP contribution < -0.4 is 0 Å². The average Bonchev–Trinajstić information content (AvgIpc) is 3.00. The largest absolute Gasteiger partial charge is 0.481 e. The van der Waals surface area contributed by atoms with Crippen LogP contribution in [0.1, 0.15) is 30.4 Å². The summed E-state index contributed by atoms with van der Waals surface area (Å²) in [6, 6.07) is 3.72. The van der Waals surface area contributed by atoms with Gasteiger partial charge in [-0.1, -0.05) is 12.1 Å². The summed E-state index contributed by atoms with van der Waals surface area (Å²) in [6.07, 6.45) is 1.61. The van der Waals surface area contributed by atoms with E-state index in [-0.39, 0.29) is 11.6 Å². The van der Waals surface area contributed by atoms with Crippen LogP contribution in [-0.4, -0.2) is 35.9 Å². The second-order valence-corrected chi connectivity index (χ2v) is 8.03. The van der Waals surface area contributed by atoms with Gasteiger partial charge in [-0.3, -0.25) is 4.79 Å². The smallest absolute Gasteiger partial charge is 0.308 e. The molecule has 1 N–H and O–H groups in total. The number of nitrogens with zero attached hydrogens (tertiary/aromatic N) is 1. The number of halogens is 1. The highest BCUT2D eigenvalue weighted by Crippen LogP contribution is 2.44. The average molecular weight is 327 g/mol. The van der Waals surface area contributed by atoms with E-state index >= 15 is 0 Å². The molecule has 3 unspecified atom stereocenters. The monoisotopic (exact) mass is 327 g/mol. The third kappa shape index (κ3) is 2.52. The van der Waals surface area contributed by atoms with E-state index in [2.05, 4.69) is 0 Å². The number of carboxylic acids is 1. The van der Waals surface area contributed by atoms with Crippen LogP contribution in [0.2, 0.25) is 0 Å². The zero-order chi connectivity index (χ0) is 16.1. The fourth-order valence-corrected chi connectivity index (χ4v) is 5.76. The molecule has 2 fully saturated rings.